The third kappa shape index (κ3) is 4.96. The summed E-state index contributed by atoms with van der Waals surface area (Å²) in [6.45, 7) is 4.93. The van der Waals surface area contributed by atoms with E-state index in [4.69, 9.17) is 4.42 Å². The first-order chi connectivity index (χ1) is 16.2. The quantitative estimate of drug-likeness (QED) is 0.498. The number of likely N-dealkylation sites (N-methyl/N-ethyl adjacent to an activating group) is 1. The van der Waals surface area contributed by atoms with Crippen LogP contribution in [0.3, 0.4) is 0 Å². The number of piperazine rings is 1. The summed E-state index contributed by atoms with van der Waals surface area (Å²) in [7, 11) is -1.81. The highest BCUT2D eigenvalue weighted by Crippen LogP contribution is 2.28. The maximum Gasteiger partial charge on any atom is 0.314 e. The van der Waals surface area contributed by atoms with Crippen LogP contribution in [0.1, 0.15) is 31.7 Å². The van der Waals surface area contributed by atoms with Gasteiger partial charge in [-0.1, -0.05) is 30.3 Å². The molecular formula is C23H27F2N5O3S. The van der Waals surface area contributed by atoms with Gasteiger partial charge in [-0.05, 0) is 50.7 Å². The van der Waals surface area contributed by atoms with Crippen LogP contribution in [-0.4, -0.2) is 60.0 Å². The van der Waals surface area contributed by atoms with Crippen LogP contribution in [0.15, 0.2) is 59.0 Å². The van der Waals surface area contributed by atoms with E-state index in [-0.39, 0.29) is 24.5 Å². The molecule has 0 N–H and O–H groups in total. The number of anilines is 1. The van der Waals surface area contributed by atoms with Gasteiger partial charge in [0.05, 0.1) is 12.2 Å². The van der Waals surface area contributed by atoms with E-state index in [2.05, 4.69) is 15.1 Å². The molecule has 2 atom stereocenters. The van der Waals surface area contributed by atoms with Gasteiger partial charge < -0.3 is 4.42 Å². The molecule has 0 radical (unpaired) electrons. The summed E-state index contributed by atoms with van der Waals surface area (Å²) in [6, 6.07) is 15.9. The third-order valence-electron chi connectivity index (χ3n) is 6.13. The molecule has 0 bridgehead atoms. The number of hydrogen-bond donors (Lipinski definition) is 0. The first kappa shape index (κ1) is 24.2. The number of halogens is 2. The zero-order valence-corrected chi connectivity index (χ0v) is 20.0. The number of nitrogens with zero attached hydrogens (tertiary/aromatic N) is 5. The summed E-state index contributed by atoms with van der Waals surface area (Å²) >= 11 is 0. The minimum Gasteiger partial charge on any atom is -0.415 e. The lowest BCUT2D eigenvalue weighted by Crippen LogP contribution is -2.59. The second-order valence-corrected chi connectivity index (χ2v) is 10.3. The molecule has 1 saturated heterocycles. The summed E-state index contributed by atoms with van der Waals surface area (Å²) in [4.78, 5) is 2.18. The highest BCUT2D eigenvalue weighted by atomic mass is 32.2. The lowest BCUT2D eigenvalue weighted by molar-refractivity contribution is 0.105. The molecule has 34 heavy (non-hydrogen) atoms. The molecule has 2 unspecified atom stereocenters. The zero-order valence-electron chi connectivity index (χ0n) is 19.2. The van der Waals surface area contributed by atoms with Crippen molar-refractivity contribution in [3.63, 3.8) is 0 Å². The Balaban J connectivity index is 1.61. The molecule has 1 fully saturated rings. The predicted molar refractivity (Wildman–Crippen MR) is 124 cm³/mol. The Kier molecular flexibility index (Phi) is 6.96. The molecule has 1 aliphatic rings. The lowest BCUT2D eigenvalue weighted by atomic mass is 10.1. The molecule has 2 aromatic carbocycles. The summed E-state index contributed by atoms with van der Waals surface area (Å²) in [5.41, 5.74) is 1.75. The molecule has 4 rings (SSSR count). The van der Waals surface area contributed by atoms with Crippen molar-refractivity contribution in [2.45, 2.75) is 38.9 Å². The van der Waals surface area contributed by atoms with Crippen molar-refractivity contribution >= 4 is 15.9 Å². The van der Waals surface area contributed by atoms with Crippen LogP contribution in [0.2, 0.25) is 0 Å². The highest BCUT2D eigenvalue weighted by molar-refractivity contribution is 7.90. The highest BCUT2D eigenvalue weighted by Gasteiger charge is 2.37. The van der Waals surface area contributed by atoms with Gasteiger partial charge in [0.15, 0.2) is 0 Å². The predicted octanol–water partition coefficient (Wildman–Crippen LogP) is 3.95. The van der Waals surface area contributed by atoms with E-state index >= 15 is 0 Å². The van der Waals surface area contributed by atoms with Gasteiger partial charge in [0, 0.05) is 30.7 Å². The van der Waals surface area contributed by atoms with Crippen molar-refractivity contribution in [2.75, 3.05) is 24.4 Å². The third-order valence-corrected chi connectivity index (χ3v) is 7.98. The zero-order chi connectivity index (χ0) is 24.5. The number of para-hydroxylation sites is 1. The van der Waals surface area contributed by atoms with Gasteiger partial charge in [-0.25, -0.2) is 0 Å². The second kappa shape index (κ2) is 9.77. The molecule has 2 heterocycles. The number of benzene rings is 2. The first-order valence-electron chi connectivity index (χ1n) is 10.9. The maximum atomic E-state index is 13.8. The fourth-order valence-corrected chi connectivity index (χ4v) is 5.73. The van der Waals surface area contributed by atoms with E-state index in [1.165, 1.54) is 8.61 Å². The Bertz CT molecular complexity index is 1190. The van der Waals surface area contributed by atoms with Gasteiger partial charge >= 0.3 is 16.6 Å². The van der Waals surface area contributed by atoms with Crippen molar-refractivity contribution in [3.05, 3.63) is 66.1 Å². The van der Waals surface area contributed by atoms with Gasteiger partial charge in [-0.2, -0.15) is 21.5 Å². The fraction of sp³-hybridized carbons (Fsp3) is 0.391. The largest absolute Gasteiger partial charge is 0.415 e. The summed E-state index contributed by atoms with van der Waals surface area (Å²) in [5, 5.41) is 6.99. The van der Waals surface area contributed by atoms with Crippen molar-refractivity contribution in [2.24, 2.45) is 0 Å². The monoisotopic (exact) mass is 491 g/mol. The average molecular weight is 492 g/mol. The van der Waals surface area contributed by atoms with Crippen LogP contribution in [0, 0.1) is 0 Å². The summed E-state index contributed by atoms with van der Waals surface area (Å²) in [6.07, 6.45) is -2.84. The Labute approximate surface area is 198 Å². The van der Waals surface area contributed by atoms with E-state index in [1.54, 1.807) is 48.5 Å². The van der Waals surface area contributed by atoms with Crippen molar-refractivity contribution < 1.29 is 21.6 Å². The molecule has 8 nitrogen and oxygen atoms in total. The Morgan fingerprint density at radius 1 is 1.03 bits per heavy atom. The van der Waals surface area contributed by atoms with E-state index in [0.717, 1.165) is 5.56 Å². The molecule has 182 valence electrons. The molecule has 1 aliphatic heterocycles. The van der Waals surface area contributed by atoms with E-state index in [1.807, 2.05) is 27.0 Å². The number of rotatable bonds is 7. The minimum absolute atomic E-state index is 0.0187. The molecule has 0 saturated carbocycles. The van der Waals surface area contributed by atoms with E-state index in [0.29, 0.717) is 24.3 Å². The Hall–Kier alpha value is -2.89. The first-order valence-corrected chi connectivity index (χ1v) is 12.3. The normalized spacial score (nSPS) is 20.1. The van der Waals surface area contributed by atoms with E-state index < -0.39 is 22.5 Å². The molecule has 1 aromatic heterocycles. The molecular weight excluding hydrogens is 464 g/mol. The van der Waals surface area contributed by atoms with Crippen LogP contribution in [0.5, 0.6) is 0 Å². The lowest BCUT2D eigenvalue weighted by Gasteiger charge is -2.43. The average Bonchev–Trinajstić information content (AvgIpc) is 3.32. The number of hydrogen-bond acceptors (Lipinski definition) is 6. The molecule has 0 spiro atoms. The maximum absolute atomic E-state index is 13.8. The summed E-state index contributed by atoms with van der Waals surface area (Å²) in [5.74, 6) is -0.758. The van der Waals surface area contributed by atoms with Gasteiger partial charge in [0.2, 0.25) is 5.89 Å². The second-order valence-electron chi connectivity index (χ2n) is 8.47. The molecule has 11 heteroatoms. The molecule has 0 amide bonds. The SMILES string of the molecule is CC1CN(S(=O)(=O)N(Cc2ccc(-c3nnc(C(F)F)o3)cc2)c2ccccc2)CC(C)N1C. The molecule has 0 aliphatic carbocycles. The van der Waals surface area contributed by atoms with Crippen LogP contribution in [0.25, 0.3) is 11.5 Å². The van der Waals surface area contributed by atoms with Gasteiger partial charge in [-0.15, -0.1) is 10.2 Å². The minimum atomic E-state index is -3.82. The van der Waals surface area contributed by atoms with Gasteiger partial charge in [0.25, 0.3) is 5.89 Å². The van der Waals surface area contributed by atoms with Crippen molar-refractivity contribution in [1.29, 1.82) is 0 Å². The van der Waals surface area contributed by atoms with Crippen molar-refractivity contribution in [3.8, 4) is 11.5 Å². The Morgan fingerprint density at radius 2 is 1.65 bits per heavy atom. The van der Waals surface area contributed by atoms with E-state index in [9.17, 15) is 17.2 Å². The summed E-state index contributed by atoms with van der Waals surface area (Å²) < 4.78 is 60.9. The number of aromatic nitrogens is 2. The van der Waals surface area contributed by atoms with Crippen LogP contribution >= 0.6 is 0 Å². The van der Waals surface area contributed by atoms with Crippen molar-refractivity contribution in [1.82, 2.24) is 19.4 Å². The van der Waals surface area contributed by atoms with Gasteiger partial charge in [0.1, 0.15) is 0 Å². The topological polar surface area (TPSA) is 82.8 Å². The van der Waals surface area contributed by atoms with Crippen LogP contribution in [-0.2, 0) is 16.8 Å². The van der Waals surface area contributed by atoms with Crippen LogP contribution in [0.4, 0.5) is 14.5 Å². The van der Waals surface area contributed by atoms with Gasteiger partial charge in [-0.3, -0.25) is 9.21 Å². The smallest absolute Gasteiger partial charge is 0.314 e. The fourth-order valence-electron chi connectivity index (χ4n) is 3.94. The van der Waals surface area contributed by atoms with Crippen LogP contribution < -0.4 is 4.31 Å². The number of alkyl halides is 2. The standard InChI is InChI=1S/C23H27F2N5O3S/c1-16-13-29(14-17(2)28(16)3)34(31,32)30(20-7-5-4-6-8-20)15-18-9-11-19(12-10-18)22-26-27-23(33-22)21(24)25/h4-12,16-17,21H,13-15H2,1-3H3. The Morgan fingerprint density at radius 3 is 2.21 bits per heavy atom. The molecule has 3 aromatic rings.